The number of hydrogen-bond donors (Lipinski definition) is 1. The zero-order chi connectivity index (χ0) is 15.2. The van der Waals surface area contributed by atoms with E-state index in [0.29, 0.717) is 24.7 Å². The van der Waals surface area contributed by atoms with E-state index in [2.05, 4.69) is 0 Å². The van der Waals surface area contributed by atoms with Gasteiger partial charge in [-0.25, -0.2) is 4.79 Å². The van der Waals surface area contributed by atoms with E-state index in [0.717, 1.165) is 6.42 Å². The summed E-state index contributed by atoms with van der Waals surface area (Å²) in [6.45, 7) is 2.96. The maximum atomic E-state index is 12.3. The number of benzene rings is 1. The first-order chi connectivity index (χ1) is 10.1. The average Bonchev–Trinajstić information content (AvgIpc) is 2.50. The second-order valence-corrected chi connectivity index (χ2v) is 4.78. The molecule has 1 aromatic carbocycles. The Balaban J connectivity index is 2.09. The summed E-state index contributed by atoms with van der Waals surface area (Å²) < 4.78 is 10.7. The molecule has 1 aromatic rings. The van der Waals surface area contributed by atoms with Crippen LogP contribution in [0.1, 0.15) is 19.8 Å². The van der Waals surface area contributed by atoms with Crippen LogP contribution in [0.15, 0.2) is 24.3 Å². The third-order valence-corrected chi connectivity index (χ3v) is 3.16. The molecule has 6 nitrogen and oxygen atoms in total. The lowest BCUT2D eigenvalue weighted by Gasteiger charge is -2.33. The molecule has 1 aliphatic rings. The lowest BCUT2D eigenvalue weighted by Crippen LogP contribution is -2.47. The molecule has 0 bridgehead atoms. The van der Waals surface area contributed by atoms with Crippen molar-refractivity contribution in [2.24, 2.45) is 0 Å². The Morgan fingerprint density at radius 1 is 1.38 bits per heavy atom. The fourth-order valence-electron chi connectivity index (χ4n) is 2.14. The van der Waals surface area contributed by atoms with E-state index >= 15 is 0 Å². The van der Waals surface area contributed by atoms with E-state index < -0.39 is 12.1 Å². The van der Waals surface area contributed by atoms with Crippen LogP contribution < -0.4 is 9.64 Å². The lowest BCUT2D eigenvalue weighted by atomic mass is 10.1. The molecular formula is C15H19NO5. The van der Waals surface area contributed by atoms with Crippen molar-refractivity contribution >= 4 is 17.6 Å². The summed E-state index contributed by atoms with van der Waals surface area (Å²) in [5.74, 6) is -0.823. The number of aliphatic carboxylic acids is 1. The van der Waals surface area contributed by atoms with Gasteiger partial charge in [0.25, 0.3) is 0 Å². The van der Waals surface area contributed by atoms with Crippen molar-refractivity contribution in [3.05, 3.63) is 24.3 Å². The molecule has 21 heavy (non-hydrogen) atoms. The summed E-state index contributed by atoms with van der Waals surface area (Å²) in [5.41, 5.74) is 0.607. The van der Waals surface area contributed by atoms with Gasteiger partial charge in [0.2, 0.25) is 12.0 Å². The van der Waals surface area contributed by atoms with Gasteiger partial charge in [-0.1, -0.05) is 19.1 Å². The first-order valence-corrected chi connectivity index (χ1v) is 7.00. The van der Waals surface area contributed by atoms with Gasteiger partial charge in [-0.05, 0) is 18.6 Å². The van der Waals surface area contributed by atoms with Crippen molar-refractivity contribution in [2.75, 3.05) is 24.7 Å². The highest BCUT2D eigenvalue weighted by molar-refractivity contribution is 5.96. The van der Waals surface area contributed by atoms with E-state index in [4.69, 9.17) is 14.6 Å². The first-order valence-electron chi connectivity index (χ1n) is 7.00. The lowest BCUT2D eigenvalue weighted by molar-refractivity contribution is -0.145. The van der Waals surface area contributed by atoms with Gasteiger partial charge in [0.1, 0.15) is 5.75 Å². The smallest absolute Gasteiger partial charge is 0.346 e. The summed E-state index contributed by atoms with van der Waals surface area (Å²) in [6, 6.07) is 6.95. The quantitative estimate of drug-likeness (QED) is 0.808. The molecule has 0 aromatic heterocycles. The number of fused-ring (bicyclic) bond motifs is 1. The zero-order valence-electron chi connectivity index (χ0n) is 11.9. The number of ether oxygens (including phenoxy) is 2. The average molecular weight is 293 g/mol. The number of anilines is 1. The second-order valence-electron chi connectivity index (χ2n) is 4.78. The molecule has 1 unspecified atom stereocenters. The molecule has 114 valence electrons. The van der Waals surface area contributed by atoms with Crippen LogP contribution in [-0.4, -0.2) is 42.8 Å². The van der Waals surface area contributed by atoms with E-state index in [1.807, 2.05) is 6.92 Å². The van der Waals surface area contributed by atoms with Crippen LogP contribution >= 0.6 is 0 Å². The third kappa shape index (κ3) is 3.72. The van der Waals surface area contributed by atoms with E-state index in [1.54, 1.807) is 24.3 Å². The highest BCUT2D eigenvalue weighted by Gasteiger charge is 2.33. The van der Waals surface area contributed by atoms with Crippen molar-refractivity contribution in [2.45, 2.75) is 25.9 Å². The van der Waals surface area contributed by atoms with Gasteiger partial charge in [-0.15, -0.1) is 0 Å². The number of carbonyl (C=O) groups excluding carboxylic acids is 1. The van der Waals surface area contributed by atoms with Crippen LogP contribution in [0.25, 0.3) is 0 Å². The molecule has 1 N–H and O–H groups in total. The minimum absolute atomic E-state index is 0.0129. The maximum Gasteiger partial charge on any atom is 0.346 e. The van der Waals surface area contributed by atoms with Gasteiger partial charge in [0.05, 0.1) is 25.3 Å². The van der Waals surface area contributed by atoms with Gasteiger partial charge in [-0.2, -0.15) is 0 Å². The molecular weight excluding hydrogens is 274 g/mol. The largest absolute Gasteiger partial charge is 0.478 e. The molecule has 1 atom stereocenters. The predicted molar refractivity (Wildman–Crippen MR) is 76.6 cm³/mol. The highest BCUT2D eigenvalue weighted by Crippen LogP contribution is 2.33. The molecule has 6 heteroatoms. The van der Waals surface area contributed by atoms with Gasteiger partial charge >= 0.3 is 5.97 Å². The number of para-hydroxylation sites is 2. The molecule has 0 saturated carbocycles. The third-order valence-electron chi connectivity index (χ3n) is 3.16. The van der Waals surface area contributed by atoms with Crippen LogP contribution in [0.4, 0.5) is 5.69 Å². The number of carboxylic acid groups (broad SMARTS) is 1. The van der Waals surface area contributed by atoms with E-state index in [-0.39, 0.29) is 18.9 Å². The number of hydrogen-bond acceptors (Lipinski definition) is 4. The maximum absolute atomic E-state index is 12.3. The number of nitrogens with zero attached hydrogens (tertiary/aromatic N) is 1. The molecule has 1 heterocycles. The fraction of sp³-hybridized carbons (Fsp3) is 0.467. The molecule has 1 amide bonds. The Labute approximate surface area is 123 Å². The molecule has 0 radical (unpaired) electrons. The Bertz CT molecular complexity index is 517. The van der Waals surface area contributed by atoms with Crippen LogP contribution in [-0.2, 0) is 14.3 Å². The molecule has 0 aliphatic carbocycles. The minimum Gasteiger partial charge on any atom is -0.478 e. The predicted octanol–water partition coefficient (Wildman–Crippen LogP) is 1.68. The second kappa shape index (κ2) is 7.08. The summed E-state index contributed by atoms with van der Waals surface area (Å²) >= 11 is 0. The number of rotatable bonds is 6. The van der Waals surface area contributed by atoms with Crippen molar-refractivity contribution in [3.8, 4) is 5.75 Å². The van der Waals surface area contributed by atoms with Crippen molar-refractivity contribution in [1.29, 1.82) is 0 Å². The van der Waals surface area contributed by atoms with Crippen LogP contribution in [0, 0.1) is 0 Å². The number of carboxylic acids is 1. The monoisotopic (exact) mass is 293 g/mol. The van der Waals surface area contributed by atoms with Crippen LogP contribution in [0.2, 0.25) is 0 Å². The summed E-state index contributed by atoms with van der Waals surface area (Å²) in [4.78, 5) is 24.9. The Hall–Kier alpha value is -2.08. The highest BCUT2D eigenvalue weighted by atomic mass is 16.5. The SMILES string of the molecule is CCCOCCC(=O)N1CC(C(=O)O)Oc2ccccc21. The molecule has 2 rings (SSSR count). The number of amides is 1. The Morgan fingerprint density at radius 2 is 2.14 bits per heavy atom. The normalized spacial score (nSPS) is 17.0. The Kier molecular flexibility index (Phi) is 5.16. The fourth-order valence-corrected chi connectivity index (χ4v) is 2.14. The van der Waals surface area contributed by atoms with Crippen molar-refractivity contribution < 1.29 is 24.2 Å². The topological polar surface area (TPSA) is 76.1 Å². The van der Waals surface area contributed by atoms with Gasteiger partial charge in [0, 0.05) is 6.61 Å². The zero-order valence-corrected chi connectivity index (χ0v) is 11.9. The molecule has 0 spiro atoms. The number of carbonyl (C=O) groups is 2. The Morgan fingerprint density at radius 3 is 2.86 bits per heavy atom. The van der Waals surface area contributed by atoms with Gasteiger partial charge in [-0.3, -0.25) is 4.79 Å². The summed E-state index contributed by atoms with van der Waals surface area (Å²) in [6.07, 6.45) is 0.0801. The van der Waals surface area contributed by atoms with E-state index in [9.17, 15) is 9.59 Å². The standard InChI is InChI=1S/C15H19NO5/c1-2-8-20-9-7-14(17)16-10-13(15(18)19)21-12-6-4-3-5-11(12)16/h3-6,13H,2,7-10H2,1H3,(H,18,19). The molecule has 1 aliphatic heterocycles. The van der Waals surface area contributed by atoms with E-state index in [1.165, 1.54) is 4.90 Å². The van der Waals surface area contributed by atoms with Gasteiger partial charge in [0.15, 0.2) is 0 Å². The van der Waals surface area contributed by atoms with Crippen molar-refractivity contribution in [3.63, 3.8) is 0 Å². The van der Waals surface area contributed by atoms with Gasteiger partial charge < -0.3 is 19.5 Å². The molecule has 0 saturated heterocycles. The van der Waals surface area contributed by atoms with Crippen LogP contribution in [0.5, 0.6) is 5.75 Å². The molecule has 0 fully saturated rings. The summed E-state index contributed by atoms with van der Waals surface area (Å²) in [5, 5.41) is 9.12. The van der Waals surface area contributed by atoms with Crippen molar-refractivity contribution in [1.82, 2.24) is 0 Å². The summed E-state index contributed by atoms with van der Waals surface area (Å²) in [7, 11) is 0. The van der Waals surface area contributed by atoms with Crippen LogP contribution in [0.3, 0.4) is 0 Å². The first kappa shape index (κ1) is 15.3. The minimum atomic E-state index is -1.08.